The van der Waals surface area contributed by atoms with Gasteiger partial charge in [-0.1, -0.05) is 58.6 Å². The molecule has 16 heavy (non-hydrogen) atoms. The Labute approximate surface area is 106 Å². The normalized spacial score (nSPS) is 18.9. The van der Waals surface area contributed by atoms with Gasteiger partial charge in [0.15, 0.2) is 0 Å². The fourth-order valence-corrected chi connectivity index (χ4v) is 2.77. The molecule has 0 N–H and O–H groups in total. The van der Waals surface area contributed by atoms with Gasteiger partial charge >= 0.3 is 0 Å². The molecule has 1 saturated carbocycles. The highest BCUT2D eigenvalue weighted by Gasteiger charge is 2.20. The van der Waals surface area contributed by atoms with E-state index in [0.29, 0.717) is 6.10 Å². The van der Waals surface area contributed by atoms with E-state index in [0.717, 1.165) is 5.33 Å². The summed E-state index contributed by atoms with van der Waals surface area (Å²) in [6.07, 6.45) is 5.80. The molecular weight excluding hydrogens is 264 g/mol. The van der Waals surface area contributed by atoms with Crippen molar-refractivity contribution in [1.29, 1.82) is 0 Å². The molecule has 1 aliphatic rings. The standard InChI is InChI=1S/C14H19BrO/c1-11-6-8-12(9-7-11)14(10-15)16-13-4-2-3-5-13/h6-9,13-14H,2-5,10H2,1H3. The quantitative estimate of drug-likeness (QED) is 0.745. The number of hydrogen-bond donors (Lipinski definition) is 0. The molecule has 2 rings (SSSR count). The Morgan fingerprint density at radius 2 is 1.88 bits per heavy atom. The molecular formula is C14H19BrO. The Kier molecular flexibility index (Phi) is 4.42. The fraction of sp³-hybridized carbons (Fsp3) is 0.571. The second-order valence-corrected chi connectivity index (χ2v) is 5.24. The van der Waals surface area contributed by atoms with Gasteiger partial charge in [-0.15, -0.1) is 0 Å². The summed E-state index contributed by atoms with van der Waals surface area (Å²) < 4.78 is 6.14. The molecule has 1 aromatic carbocycles. The molecule has 0 amide bonds. The van der Waals surface area contributed by atoms with Gasteiger partial charge in [0.2, 0.25) is 0 Å². The van der Waals surface area contributed by atoms with Crippen LogP contribution in [-0.2, 0) is 4.74 Å². The Morgan fingerprint density at radius 3 is 2.44 bits per heavy atom. The molecule has 1 unspecified atom stereocenters. The van der Waals surface area contributed by atoms with Crippen molar-refractivity contribution in [2.24, 2.45) is 0 Å². The largest absolute Gasteiger partial charge is 0.369 e. The second-order valence-electron chi connectivity index (χ2n) is 4.60. The Balaban J connectivity index is 2.00. The van der Waals surface area contributed by atoms with E-state index in [2.05, 4.69) is 47.1 Å². The minimum absolute atomic E-state index is 0.212. The zero-order chi connectivity index (χ0) is 11.4. The lowest BCUT2D eigenvalue weighted by Gasteiger charge is -2.20. The third kappa shape index (κ3) is 3.08. The van der Waals surface area contributed by atoms with Crippen LogP contribution in [0.4, 0.5) is 0 Å². The van der Waals surface area contributed by atoms with E-state index in [-0.39, 0.29) is 6.10 Å². The average molecular weight is 283 g/mol. The summed E-state index contributed by atoms with van der Waals surface area (Å²) in [5.41, 5.74) is 2.59. The van der Waals surface area contributed by atoms with Gasteiger partial charge in [0.25, 0.3) is 0 Å². The van der Waals surface area contributed by atoms with Crippen LogP contribution >= 0.6 is 15.9 Å². The van der Waals surface area contributed by atoms with Crippen molar-refractivity contribution in [3.8, 4) is 0 Å². The molecule has 1 atom stereocenters. The molecule has 0 aromatic heterocycles. The molecule has 1 aliphatic carbocycles. The van der Waals surface area contributed by atoms with E-state index >= 15 is 0 Å². The molecule has 0 saturated heterocycles. The molecule has 0 radical (unpaired) electrons. The van der Waals surface area contributed by atoms with Gasteiger partial charge < -0.3 is 4.74 Å². The predicted molar refractivity (Wildman–Crippen MR) is 71.1 cm³/mol. The van der Waals surface area contributed by atoms with Crippen LogP contribution < -0.4 is 0 Å². The lowest BCUT2D eigenvalue weighted by molar-refractivity contribution is 0.00434. The summed E-state index contributed by atoms with van der Waals surface area (Å²) in [5.74, 6) is 0. The van der Waals surface area contributed by atoms with Gasteiger partial charge in [0.05, 0.1) is 12.2 Å². The molecule has 1 aromatic rings. The number of ether oxygens (including phenoxy) is 1. The van der Waals surface area contributed by atoms with Crippen molar-refractivity contribution in [1.82, 2.24) is 0 Å². The molecule has 88 valence electrons. The van der Waals surface area contributed by atoms with Crippen LogP contribution in [0.2, 0.25) is 0 Å². The third-order valence-corrected chi connectivity index (χ3v) is 3.84. The van der Waals surface area contributed by atoms with Crippen molar-refractivity contribution >= 4 is 15.9 Å². The summed E-state index contributed by atoms with van der Waals surface area (Å²) in [6.45, 7) is 2.12. The number of alkyl halides is 1. The minimum atomic E-state index is 0.212. The highest BCUT2D eigenvalue weighted by molar-refractivity contribution is 9.09. The van der Waals surface area contributed by atoms with Crippen molar-refractivity contribution in [2.45, 2.75) is 44.8 Å². The summed E-state index contributed by atoms with van der Waals surface area (Å²) >= 11 is 3.55. The smallest absolute Gasteiger partial charge is 0.0925 e. The number of aryl methyl sites for hydroxylation is 1. The molecule has 2 heteroatoms. The highest BCUT2D eigenvalue weighted by Crippen LogP contribution is 2.28. The molecule has 1 fully saturated rings. The van der Waals surface area contributed by atoms with E-state index < -0.39 is 0 Å². The monoisotopic (exact) mass is 282 g/mol. The third-order valence-electron chi connectivity index (χ3n) is 3.25. The predicted octanol–water partition coefficient (Wildman–Crippen LogP) is 4.39. The minimum Gasteiger partial charge on any atom is -0.369 e. The number of rotatable bonds is 4. The van der Waals surface area contributed by atoms with Crippen molar-refractivity contribution in [2.75, 3.05) is 5.33 Å². The van der Waals surface area contributed by atoms with Gasteiger partial charge in [0.1, 0.15) is 0 Å². The van der Waals surface area contributed by atoms with Gasteiger partial charge in [-0.25, -0.2) is 0 Å². The number of hydrogen-bond acceptors (Lipinski definition) is 1. The molecule has 1 nitrogen and oxygen atoms in total. The Hall–Kier alpha value is -0.340. The second kappa shape index (κ2) is 5.83. The fourth-order valence-electron chi connectivity index (χ4n) is 2.24. The Bertz CT molecular complexity index is 314. The van der Waals surface area contributed by atoms with E-state index in [9.17, 15) is 0 Å². The summed E-state index contributed by atoms with van der Waals surface area (Å²) in [5, 5.41) is 0.882. The first-order valence-electron chi connectivity index (χ1n) is 6.07. The molecule has 0 bridgehead atoms. The van der Waals surface area contributed by atoms with Gasteiger partial charge in [-0.05, 0) is 25.3 Å². The SMILES string of the molecule is Cc1ccc(C(CBr)OC2CCCC2)cc1. The van der Waals surface area contributed by atoms with Crippen LogP contribution in [0.25, 0.3) is 0 Å². The first-order chi connectivity index (χ1) is 7.79. The average Bonchev–Trinajstić information content (AvgIpc) is 2.80. The zero-order valence-corrected chi connectivity index (χ0v) is 11.4. The van der Waals surface area contributed by atoms with Crippen LogP contribution in [0.15, 0.2) is 24.3 Å². The van der Waals surface area contributed by atoms with Crippen LogP contribution in [0.5, 0.6) is 0 Å². The van der Waals surface area contributed by atoms with Crippen molar-refractivity contribution in [3.05, 3.63) is 35.4 Å². The van der Waals surface area contributed by atoms with Gasteiger partial charge in [0, 0.05) is 5.33 Å². The van der Waals surface area contributed by atoms with Gasteiger partial charge in [-0.2, -0.15) is 0 Å². The maximum Gasteiger partial charge on any atom is 0.0925 e. The lowest BCUT2D eigenvalue weighted by Crippen LogP contribution is -2.14. The maximum atomic E-state index is 6.14. The molecule has 0 spiro atoms. The van der Waals surface area contributed by atoms with Crippen molar-refractivity contribution < 1.29 is 4.74 Å². The van der Waals surface area contributed by atoms with E-state index in [1.165, 1.54) is 36.8 Å². The van der Waals surface area contributed by atoms with Crippen LogP contribution in [-0.4, -0.2) is 11.4 Å². The lowest BCUT2D eigenvalue weighted by atomic mass is 10.1. The first kappa shape index (κ1) is 12.1. The van der Waals surface area contributed by atoms with E-state index in [1.54, 1.807) is 0 Å². The van der Waals surface area contributed by atoms with E-state index in [1.807, 2.05) is 0 Å². The number of halogens is 1. The maximum absolute atomic E-state index is 6.14. The first-order valence-corrected chi connectivity index (χ1v) is 7.19. The van der Waals surface area contributed by atoms with Crippen LogP contribution in [0.1, 0.15) is 42.9 Å². The zero-order valence-electron chi connectivity index (χ0n) is 9.79. The van der Waals surface area contributed by atoms with E-state index in [4.69, 9.17) is 4.74 Å². The van der Waals surface area contributed by atoms with Crippen molar-refractivity contribution in [3.63, 3.8) is 0 Å². The summed E-state index contributed by atoms with van der Waals surface area (Å²) in [4.78, 5) is 0. The number of benzene rings is 1. The van der Waals surface area contributed by atoms with Crippen LogP contribution in [0.3, 0.4) is 0 Å². The van der Waals surface area contributed by atoms with Gasteiger partial charge in [-0.3, -0.25) is 0 Å². The highest BCUT2D eigenvalue weighted by atomic mass is 79.9. The van der Waals surface area contributed by atoms with Crippen LogP contribution in [0, 0.1) is 6.92 Å². The molecule has 0 heterocycles. The Morgan fingerprint density at radius 1 is 1.25 bits per heavy atom. The topological polar surface area (TPSA) is 9.23 Å². The summed E-state index contributed by atoms with van der Waals surface area (Å²) in [7, 11) is 0. The molecule has 0 aliphatic heterocycles. The summed E-state index contributed by atoms with van der Waals surface area (Å²) in [6, 6.07) is 8.67.